The molecule has 2 heterocycles. The van der Waals surface area contributed by atoms with E-state index in [1.54, 1.807) is 0 Å². The molecule has 0 aliphatic carbocycles. The quantitative estimate of drug-likeness (QED) is 0.821. The van der Waals surface area contributed by atoms with E-state index in [0.717, 1.165) is 31.7 Å². The smallest absolute Gasteiger partial charge is 0.128 e. The zero-order valence-electron chi connectivity index (χ0n) is 9.28. The minimum Gasteiger partial charge on any atom is -0.376 e. The molecule has 2 aliphatic rings. The van der Waals surface area contributed by atoms with Crippen molar-refractivity contribution in [3.8, 4) is 0 Å². The first kappa shape index (κ1) is 9.85. The summed E-state index contributed by atoms with van der Waals surface area (Å²) in [6.45, 7) is 2.63. The Morgan fingerprint density at radius 2 is 2.25 bits per heavy atom. The van der Waals surface area contributed by atoms with Gasteiger partial charge in [-0.25, -0.2) is 0 Å². The van der Waals surface area contributed by atoms with Crippen LogP contribution in [0.2, 0.25) is 0 Å². The summed E-state index contributed by atoms with van der Waals surface area (Å²) in [5, 5.41) is 8.12. The SMILES string of the molecule is N=C1c2ccccc2CN1C[C@H]1CCCO1. The topological polar surface area (TPSA) is 36.3 Å². The van der Waals surface area contributed by atoms with Crippen LogP contribution in [-0.4, -0.2) is 30.0 Å². The highest BCUT2D eigenvalue weighted by Gasteiger charge is 2.27. The Morgan fingerprint density at radius 3 is 3.00 bits per heavy atom. The molecule has 1 N–H and O–H groups in total. The fourth-order valence-electron chi connectivity index (χ4n) is 2.53. The largest absolute Gasteiger partial charge is 0.376 e. The van der Waals surface area contributed by atoms with Crippen LogP contribution in [0.3, 0.4) is 0 Å². The van der Waals surface area contributed by atoms with Gasteiger partial charge in [0.1, 0.15) is 5.84 Å². The third-order valence-corrected chi connectivity index (χ3v) is 3.40. The van der Waals surface area contributed by atoms with E-state index in [9.17, 15) is 0 Å². The number of benzene rings is 1. The summed E-state index contributed by atoms with van der Waals surface area (Å²) in [7, 11) is 0. The van der Waals surface area contributed by atoms with Crippen molar-refractivity contribution in [3.05, 3.63) is 35.4 Å². The molecule has 1 aromatic rings. The summed E-state index contributed by atoms with van der Waals surface area (Å²) in [5.74, 6) is 0.658. The van der Waals surface area contributed by atoms with Gasteiger partial charge in [0.25, 0.3) is 0 Å². The first-order valence-electron chi connectivity index (χ1n) is 5.88. The van der Waals surface area contributed by atoms with Gasteiger partial charge in [-0.1, -0.05) is 24.3 Å². The standard InChI is InChI=1S/C13H16N2O/c14-13-12-6-2-1-4-10(12)8-15(13)9-11-5-3-7-16-11/h1-2,4,6,11,14H,3,5,7-9H2/t11-/m1/s1. The van der Waals surface area contributed by atoms with Gasteiger partial charge in [-0.05, 0) is 18.4 Å². The van der Waals surface area contributed by atoms with Gasteiger partial charge in [-0.2, -0.15) is 0 Å². The second-order valence-corrected chi connectivity index (χ2v) is 4.52. The van der Waals surface area contributed by atoms with Crippen molar-refractivity contribution in [3.63, 3.8) is 0 Å². The molecular formula is C13H16N2O. The maximum absolute atomic E-state index is 8.12. The number of nitrogens with one attached hydrogen (secondary N) is 1. The third-order valence-electron chi connectivity index (χ3n) is 3.40. The Morgan fingerprint density at radius 1 is 1.38 bits per heavy atom. The number of hydrogen-bond acceptors (Lipinski definition) is 2. The molecular weight excluding hydrogens is 200 g/mol. The van der Waals surface area contributed by atoms with Crippen LogP contribution in [0, 0.1) is 5.41 Å². The third kappa shape index (κ3) is 1.61. The lowest BCUT2D eigenvalue weighted by Crippen LogP contribution is -2.32. The Bertz CT molecular complexity index is 410. The lowest BCUT2D eigenvalue weighted by atomic mass is 10.1. The molecule has 0 saturated carbocycles. The minimum atomic E-state index is 0.328. The fraction of sp³-hybridized carbons (Fsp3) is 0.462. The molecule has 1 saturated heterocycles. The Kier molecular flexibility index (Phi) is 2.40. The molecule has 3 heteroatoms. The van der Waals surface area contributed by atoms with Crippen LogP contribution in [0.15, 0.2) is 24.3 Å². The van der Waals surface area contributed by atoms with E-state index in [1.807, 2.05) is 18.2 Å². The molecule has 0 aromatic heterocycles. The van der Waals surface area contributed by atoms with Gasteiger partial charge >= 0.3 is 0 Å². The summed E-state index contributed by atoms with van der Waals surface area (Å²) >= 11 is 0. The van der Waals surface area contributed by atoms with Crippen LogP contribution < -0.4 is 0 Å². The minimum absolute atomic E-state index is 0.328. The number of fused-ring (bicyclic) bond motifs is 1. The predicted molar refractivity (Wildman–Crippen MR) is 62.7 cm³/mol. The maximum atomic E-state index is 8.12. The van der Waals surface area contributed by atoms with Gasteiger partial charge < -0.3 is 9.64 Å². The maximum Gasteiger partial charge on any atom is 0.128 e. The van der Waals surface area contributed by atoms with E-state index in [4.69, 9.17) is 10.1 Å². The van der Waals surface area contributed by atoms with E-state index in [1.165, 1.54) is 12.0 Å². The average molecular weight is 216 g/mol. The van der Waals surface area contributed by atoms with Crippen molar-refractivity contribution < 1.29 is 4.74 Å². The van der Waals surface area contributed by atoms with Crippen LogP contribution in [0.4, 0.5) is 0 Å². The molecule has 3 nitrogen and oxygen atoms in total. The van der Waals surface area contributed by atoms with E-state index in [-0.39, 0.29) is 0 Å². The summed E-state index contributed by atoms with van der Waals surface area (Å²) in [5.41, 5.74) is 2.35. The normalized spacial score (nSPS) is 23.9. The van der Waals surface area contributed by atoms with Gasteiger partial charge in [-0.3, -0.25) is 5.41 Å². The van der Waals surface area contributed by atoms with Crippen LogP contribution in [0.5, 0.6) is 0 Å². The van der Waals surface area contributed by atoms with Crippen LogP contribution in [0.25, 0.3) is 0 Å². The Labute approximate surface area is 95.5 Å². The molecule has 0 unspecified atom stereocenters. The van der Waals surface area contributed by atoms with Crippen molar-refractivity contribution in [2.45, 2.75) is 25.5 Å². The predicted octanol–water partition coefficient (Wildman–Crippen LogP) is 2.01. The molecule has 0 amide bonds. The summed E-state index contributed by atoms with van der Waals surface area (Å²) in [6, 6.07) is 8.19. The van der Waals surface area contributed by atoms with E-state index >= 15 is 0 Å². The van der Waals surface area contributed by atoms with Crippen LogP contribution >= 0.6 is 0 Å². The first-order valence-corrected chi connectivity index (χ1v) is 5.88. The van der Waals surface area contributed by atoms with Crippen molar-refractivity contribution in [2.24, 2.45) is 0 Å². The fourth-order valence-corrected chi connectivity index (χ4v) is 2.53. The number of nitrogens with zero attached hydrogens (tertiary/aromatic N) is 1. The van der Waals surface area contributed by atoms with E-state index in [0.29, 0.717) is 11.9 Å². The highest BCUT2D eigenvalue weighted by atomic mass is 16.5. The Hall–Kier alpha value is -1.35. The number of amidine groups is 1. The average Bonchev–Trinajstić information content (AvgIpc) is 2.90. The molecule has 1 atom stereocenters. The molecule has 3 rings (SSSR count). The number of rotatable bonds is 2. The van der Waals surface area contributed by atoms with Crippen molar-refractivity contribution in [1.82, 2.24) is 4.90 Å². The summed E-state index contributed by atoms with van der Waals surface area (Å²) in [4.78, 5) is 2.13. The molecule has 16 heavy (non-hydrogen) atoms. The lowest BCUT2D eigenvalue weighted by molar-refractivity contribution is 0.0911. The monoisotopic (exact) mass is 216 g/mol. The van der Waals surface area contributed by atoms with Crippen molar-refractivity contribution in [2.75, 3.05) is 13.2 Å². The van der Waals surface area contributed by atoms with E-state index in [2.05, 4.69) is 11.0 Å². The molecule has 2 aliphatic heterocycles. The van der Waals surface area contributed by atoms with E-state index < -0.39 is 0 Å². The highest BCUT2D eigenvalue weighted by Crippen LogP contribution is 2.24. The number of hydrogen-bond donors (Lipinski definition) is 1. The summed E-state index contributed by atoms with van der Waals surface area (Å²) in [6.07, 6.45) is 2.63. The van der Waals surface area contributed by atoms with Gasteiger partial charge in [0.2, 0.25) is 0 Å². The molecule has 0 radical (unpaired) electrons. The van der Waals surface area contributed by atoms with Crippen LogP contribution in [0.1, 0.15) is 24.0 Å². The molecule has 84 valence electrons. The first-order chi connectivity index (χ1) is 7.84. The second-order valence-electron chi connectivity index (χ2n) is 4.52. The van der Waals surface area contributed by atoms with Crippen molar-refractivity contribution >= 4 is 5.84 Å². The molecule has 1 fully saturated rings. The van der Waals surface area contributed by atoms with Gasteiger partial charge in [0.15, 0.2) is 0 Å². The molecule has 0 spiro atoms. The summed E-state index contributed by atoms with van der Waals surface area (Å²) < 4.78 is 5.62. The highest BCUT2D eigenvalue weighted by molar-refractivity contribution is 6.00. The second kappa shape index (κ2) is 3.91. The van der Waals surface area contributed by atoms with Gasteiger partial charge in [0, 0.05) is 25.3 Å². The zero-order chi connectivity index (χ0) is 11.0. The molecule has 0 bridgehead atoms. The van der Waals surface area contributed by atoms with Gasteiger partial charge in [0.05, 0.1) is 6.10 Å². The zero-order valence-corrected chi connectivity index (χ0v) is 9.28. The van der Waals surface area contributed by atoms with Gasteiger partial charge in [-0.15, -0.1) is 0 Å². The lowest BCUT2D eigenvalue weighted by Gasteiger charge is -2.21. The van der Waals surface area contributed by atoms with Crippen molar-refractivity contribution in [1.29, 1.82) is 5.41 Å². The van der Waals surface area contributed by atoms with Crippen LogP contribution in [-0.2, 0) is 11.3 Å². The number of ether oxygens (including phenoxy) is 1. The molecule has 1 aromatic carbocycles. The Balaban J connectivity index is 1.74.